The molecule has 1 aromatic carbocycles. The molecular formula is C10H15FN2O. The summed E-state index contributed by atoms with van der Waals surface area (Å²) in [6.07, 6.45) is 0. The molecule has 78 valence electrons. The number of rotatable bonds is 1. The number of hydrogen-bond acceptors (Lipinski definition) is 3. The zero-order chi connectivity index (χ0) is 10.9. The minimum Gasteiger partial charge on any atom is -0.486 e. The summed E-state index contributed by atoms with van der Waals surface area (Å²) in [5.41, 5.74) is 11.2. The van der Waals surface area contributed by atoms with E-state index in [1.54, 1.807) is 0 Å². The molecule has 0 aliphatic heterocycles. The van der Waals surface area contributed by atoms with Crippen LogP contribution in [0.15, 0.2) is 12.1 Å². The van der Waals surface area contributed by atoms with E-state index in [1.165, 1.54) is 12.1 Å². The van der Waals surface area contributed by atoms with Gasteiger partial charge in [-0.2, -0.15) is 0 Å². The zero-order valence-corrected chi connectivity index (χ0v) is 8.60. The van der Waals surface area contributed by atoms with Crippen LogP contribution in [0.5, 0.6) is 5.75 Å². The maximum absolute atomic E-state index is 13.0. The number of benzene rings is 1. The lowest BCUT2D eigenvalue weighted by atomic mass is 10.2. The van der Waals surface area contributed by atoms with Gasteiger partial charge in [-0.05, 0) is 26.8 Å². The van der Waals surface area contributed by atoms with Crippen LogP contribution in [-0.4, -0.2) is 5.60 Å². The molecule has 0 aromatic heterocycles. The topological polar surface area (TPSA) is 61.3 Å². The Balaban J connectivity index is 3.09. The minimum atomic E-state index is -0.448. The normalized spacial score (nSPS) is 11.4. The lowest BCUT2D eigenvalue weighted by Gasteiger charge is -2.22. The van der Waals surface area contributed by atoms with Crippen LogP contribution in [0.4, 0.5) is 15.8 Å². The van der Waals surface area contributed by atoms with Crippen LogP contribution in [0.25, 0.3) is 0 Å². The first-order valence-electron chi connectivity index (χ1n) is 4.33. The minimum absolute atomic E-state index is 0.198. The Kier molecular flexibility index (Phi) is 2.55. The zero-order valence-electron chi connectivity index (χ0n) is 8.60. The van der Waals surface area contributed by atoms with Gasteiger partial charge >= 0.3 is 0 Å². The van der Waals surface area contributed by atoms with Gasteiger partial charge in [-0.25, -0.2) is 4.39 Å². The van der Waals surface area contributed by atoms with Crippen molar-refractivity contribution in [3.63, 3.8) is 0 Å². The highest BCUT2D eigenvalue weighted by Gasteiger charge is 2.15. The number of ether oxygens (including phenoxy) is 1. The van der Waals surface area contributed by atoms with E-state index >= 15 is 0 Å². The SMILES string of the molecule is CC(C)(C)Oc1cc(F)cc(N)c1N. The second kappa shape index (κ2) is 3.36. The average Bonchev–Trinajstić information content (AvgIpc) is 1.96. The number of halogens is 1. The number of nitrogens with two attached hydrogens (primary N) is 2. The van der Waals surface area contributed by atoms with E-state index in [0.29, 0.717) is 0 Å². The van der Waals surface area contributed by atoms with E-state index in [9.17, 15) is 4.39 Å². The van der Waals surface area contributed by atoms with Gasteiger partial charge in [-0.15, -0.1) is 0 Å². The summed E-state index contributed by atoms with van der Waals surface area (Å²) in [6, 6.07) is 2.40. The Morgan fingerprint density at radius 1 is 1.21 bits per heavy atom. The predicted molar refractivity (Wildman–Crippen MR) is 55.6 cm³/mol. The molecule has 0 aliphatic rings. The molecule has 3 nitrogen and oxygen atoms in total. The standard InChI is InChI=1S/C10H15FN2O/c1-10(2,3)14-8-5-6(11)4-7(12)9(8)13/h4-5H,12-13H2,1-3H3. The lowest BCUT2D eigenvalue weighted by Crippen LogP contribution is -2.23. The Morgan fingerprint density at radius 2 is 1.79 bits per heavy atom. The molecule has 0 atom stereocenters. The smallest absolute Gasteiger partial charge is 0.148 e. The molecule has 0 radical (unpaired) electrons. The van der Waals surface area contributed by atoms with E-state index in [4.69, 9.17) is 16.2 Å². The first-order chi connectivity index (χ1) is 6.29. The summed E-state index contributed by atoms with van der Waals surface area (Å²) < 4.78 is 18.4. The van der Waals surface area contributed by atoms with E-state index in [2.05, 4.69) is 0 Å². The fourth-order valence-electron chi connectivity index (χ4n) is 1.03. The third-order valence-electron chi connectivity index (χ3n) is 1.55. The molecule has 0 amide bonds. The summed E-state index contributed by atoms with van der Waals surface area (Å²) in [4.78, 5) is 0. The van der Waals surface area contributed by atoms with Crippen LogP contribution in [0.2, 0.25) is 0 Å². The molecule has 0 saturated heterocycles. The molecule has 0 unspecified atom stereocenters. The monoisotopic (exact) mass is 198 g/mol. The molecule has 0 fully saturated rings. The molecular weight excluding hydrogens is 183 g/mol. The molecule has 0 aliphatic carbocycles. The predicted octanol–water partition coefficient (Wildman–Crippen LogP) is 2.17. The molecule has 0 bridgehead atoms. The summed E-state index contributed by atoms with van der Waals surface area (Å²) in [5.74, 6) is -0.161. The van der Waals surface area contributed by atoms with Gasteiger partial charge < -0.3 is 16.2 Å². The fraction of sp³-hybridized carbons (Fsp3) is 0.400. The van der Waals surface area contributed by atoms with Crippen LogP contribution >= 0.6 is 0 Å². The van der Waals surface area contributed by atoms with Crippen molar-refractivity contribution in [3.8, 4) is 5.75 Å². The number of hydrogen-bond donors (Lipinski definition) is 2. The summed E-state index contributed by atoms with van der Waals surface area (Å²) in [6.45, 7) is 5.56. The maximum atomic E-state index is 13.0. The van der Waals surface area contributed by atoms with Crippen molar-refractivity contribution >= 4 is 11.4 Å². The Labute approximate surface area is 82.9 Å². The summed E-state index contributed by atoms with van der Waals surface area (Å²) in [5, 5.41) is 0. The Hall–Kier alpha value is -1.45. The molecule has 4 heteroatoms. The first-order valence-corrected chi connectivity index (χ1v) is 4.33. The largest absolute Gasteiger partial charge is 0.486 e. The third-order valence-corrected chi connectivity index (χ3v) is 1.55. The van der Waals surface area contributed by atoms with Crippen molar-refractivity contribution in [3.05, 3.63) is 17.9 Å². The van der Waals surface area contributed by atoms with Gasteiger partial charge in [0.25, 0.3) is 0 Å². The van der Waals surface area contributed by atoms with Gasteiger partial charge in [0.1, 0.15) is 17.2 Å². The quantitative estimate of drug-likeness (QED) is 0.680. The maximum Gasteiger partial charge on any atom is 0.148 e. The molecule has 14 heavy (non-hydrogen) atoms. The molecule has 0 spiro atoms. The second-order valence-electron chi connectivity index (χ2n) is 4.12. The third kappa shape index (κ3) is 2.52. The first kappa shape index (κ1) is 10.6. The van der Waals surface area contributed by atoms with Crippen LogP contribution in [0.1, 0.15) is 20.8 Å². The summed E-state index contributed by atoms with van der Waals surface area (Å²) in [7, 11) is 0. The Morgan fingerprint density at radius 3 is 2.29 bits per heavy atom. The van der Waals surface area contributed by atoms with Crippen LogP contribution in [0.3, 0.4) is 0 Å². The highest BCUT2D eigenvalue weighted by molar-refractivity contribution is 5.70. The fourth-order valence-corrected chi connectivity index (χ4v) is 1.03. The van der Waals surface area contributed by atoms with Gasteiger partial charge in [0.15, 0.2) is 0 Å². The Bertz CT molecular complexity index is 345. The van der Waals surface area contributed by atoms with E-state index in [1.807, 2.05) is 20.8 Å². The number of anilines is 2. The summed E-state index contributed by atoms with van der Waals surface area (Å²) >= 11 is 0. The van der Waals surface area contributed by atoms with Crippen molar-refractivity contribution in [1.29, 1.82) is 0 Å². The van der Waals surface area contributed by atoms with Gasteiger partial charge in [0.2, 0.25) is 0 Å². The van der Waals surface area contributed by atoms with Crippen LogP contribution < -0.4 is 16.2 Å². The van der Waals surface area contributed by atoms with Crippen LogP contribution in [0, 0.1) is 5.82 Å². The van der Waals surface area contributed by atoms with Gasteiger partial charge in [-0.3, -0.25) is 0 Å². The van der Waals surface area contributed by atoms with Crippen molar-refractivity contribution in [1.82, 2.24) is 0 Å². The van der Waals surface area contributed by atoms with Gasteiger partial charge in [0, 0.05) is 6.07 Å². The highest BCUT2D eigenvalue weighted by atomic mass is 19.1. The highest BCUT2D eigenvalue weighted by Crippen LogP contribution is 2.31. The van der Waals surface area contributed by atoms with Crippen molar-refractivity contribution in [2.45, 2.75) is 26.4 Å². The molecule has 0 heterocycles. The average molecular weight is 198 g/mol. The second-order valence-corrected chi connectivity index (χ2v) is 4.12. The molecule has 0 saturated carbocycles. The van der Waals surface area contributed by atoms with E-state index < -0.39 is 11.4 Å². The van der Waals surface area contributed by atoms with Gasteiger partial charge in [-0.1, -0.05) is 0 Å². The van der Waals surface area contributed by atoms with Crippen molar-refractivity contribution < 1.29 is 9.13 Å². The number of nitrogen functional groups attached to an aromatic ring is 2. The lowest BCUT2D eigenvalue weighted by molar-refractivity contribution is 0.131. The van der Waals surface area contributed by atoms with Crippen molar-refractivity contribution in [2.75, 3.05) is 11.5 Å². The van der Waals surface area contributed by atoms with Crippen LogP contribution in [-0.2, 0) is 0 Å². The molecule has 1 aromatic rings. The van der Waals surface area contributed by atoms with E-state index in [-0.39, 0.29) is 17.1 Å². The molecule has 1 rings (SSSR count). The van der Waals surface area contributed by atoms with Gasteiger partial charge in [0.05, 0.1) is 11.4 Å². The molecule has 4 N–H and O–H groups in total. The van der Waals surface area contributed by atoms with Crippen molar-refractivity contribution in [2.24, 2.45) is 0 Å². The van der Waals surface area contributed by atoms with E-state index in [0.717, 1.165) is 0 Å².